The first-order valence-electron chi connectivity index (χ1n) is 9.49. The second kappa shape index (κ2) is 11.7. The van der Waals surface area contributed by atoms with Gasteiger partial charge in [0.25, 0.3) is 5.91 Å². The van der Waals surface area contributed by atoms with Crippen molar-refractivity contribution in [3.05, 3.63) is 48.0 Å². The largest absolute Gasteiger partial charge is 0.497 e. The molecule has 0 aliphatic rings. The van der Waals surface area contributed by atoms with E-state index in [1.165, 1.54) is 39.7 Å². The predicted octanol–water partition coefficient (Wildman–Crippen LogP) is 1.17. The molecule has 0 aliphatic carbocycles. The quantitative estimate of drug-likeness (QED) is 0.289. The Morgan fingerprint density at radius 1 is 1.03 bits per heavy atom. The molecule has 11 nitrogen and oxygen atoms in total. The van der Waals surface area contributed by atoms with E-state index in [4.69, 9.17) is 14.2 Å². The first-order chi connectivity index (χ1) is 15.7. The van der Waals surface area contributed by atoms with Crippen molar-refractivity contribution in [1.82, 2.24) is 5.43 Å². The van der Waals surface area contributed by atoms with Gasteiger partial charge in [-0.25, -0.2) is 18.6 Å². The van der Waals surface area contributed by atoms with Crippen LogP contribution in [0.3, 0.4) is 0 Å². The third kappa shape index (κ3) is 7.68. The van der Waals surface area contributed by atoms with Crippen LogP contribution in [0.1, 0.15) is 5.56 Å². The van der Waals surface area contributed by atoms with Crippen LogP contribution in [0.5, 0.6) is 17.2 Å². The molecule has 2 aromatic rings. The first kappa shape index (κ1) is 25.5. The molecule has 0 aromatic heterocycles. The number of nitrogens with one attached hydrogen (secondary N) is 1. The minimum atomic E-state index is -3.81. The predicted molar refractivity (Wildman–Crippen MR) is 121 cm³/mol. The summed E-state index contributed by atoms with van der Waals surface area (Å²) in [6, 6.07) is 11.1. The SMILES string of the molecule is COC(=O)COc1ccc(/C=N\NC(=O)CN(c2ccc(OC)cc2OC)S(C)(=O)=O)cc1. The van der Waals surface area contributed by atoms with Gasteiger partial charge in [0, 0.05) is 6.07 Å². The molecule has 1 amide bonds. The van der Waals surface area contributed by atoms with Crippen LogP contribution in [0.25, 0.3) is 0 Å². The van der Waals surface area contributed by atoms with Gasteiger partial charge in [-0.15, -0.1) is 0 Å². The molecule has 0 fully saturated rings. The fourth-order valence-corrected chi connectivity index (χ4v) is 3.43. The van der Waals surface area contributed by atoms with Gasteiger partial charge in [0.05, 0.1) is 39.5 Å². The van der Waals surface area contributed by atoms with Gasteiger partial charge in [-0.05, 0) is 42.0 Å². The molecule has 2 rings (SSSR count). The molecule has 2 aromatic carbocycles. The molecular formula is C21H25N3O8S. The number of anilines is 1. The van der Waals surface area contributed by atoms with Crippen molar-refractivity contribution in [3.63, 3.8) is 0 Å². The summed E-state index contributed by atoms with van der Waals surface area (Å²) < 4.78 is 45.6. The monoisotopic (exact) mass is 479 g/mol. The Kier molecular flexibility index (Phi) is 9.04. The van der Waals surface area contributed by atoms with E-state index in [1.807, 2.05) is 0 Å². The molecule has 178 valence electrons. The molecule has 0 saturated carbocycles. The molecule has 1 N–H and O–H groups in total. The molecule has 0 radical (unpaired) electrons. The number of methoxy groups -OCH3 is 3. The lowest BCUT2D eigenvalue weighted by atomic mass is 10.2. The van der Waals surface area contributed by atoms with Crippen molar-refractivity contribution < 1.29 is 37.0 Å². The van der Waals surface area contributed by atoms with E-state index in [1.54, 1.807) is 30.3 Å². The number of esters is 1. The Morgan fingerprint density at radius 3 is 2.27 bits per heavy atom. The zero-order valence-corrected chi connectivity index (χ0v) is 19.4. The fraction of sp³-hybridized carbons (Fsp3) is 0.286. The number of hydrazone groups is 1. The Bertz CT molecular complexity index is 1100. The second-order valence-electron chi connectivity index (χ2n) is 6.53. The number of hydrogen-bond acceptors (Lipinski definition) is 9. The van der Waals surface area contributed by atoms with Gasteiger partial charge in [-0.1, -0.05) is 0 Å². The van der Waals surface area contributed by atoms with Gasteiger partial charge in [-0.2, -0.15) is 5.10 Å². The van der Waals surface area contributed by atoms with E-state index in [0.29, 0.717) is 17.1 Å². The minimum absolute atomic E-state index is 0.183. The van der Waals surface area contributed by atoms with E-state index in [2.05, 4.69) is 15.3 Å². The Morgan fingerprint density at radius 2 is 1.70 bits per heavy atom. The number of amides is 1. The average molecular weight is 480 g/mol. The van der Waals surface area contributed by atoms with Gasteiger partial charge >= 0.3 is 5.97 Å². The molecule has 0 heterocycles. The standard InChI is InChI=1S/C21H25N3O8S/c1-29-17-9-10-18(19(11-17)30-2)24(33(4,27)28)13-20(25)23-22-12-15-5-7-16(8-6-15)32-14-21(26)31-3/h5-12H,13-14H2,1-4H3,(H,23,25)/b22-12-. The van der Waals surface area contributed by atoms with Gasteiger partial charge in [0.2, 0.25) is 10.0 Å². The van der Waals surface area contributed by atoms with Crippen LogP contribution in [-0.2, 0) is 24.3 Å². The lowest BCUT2D eigenvalue weighted by molar-refractivity contribution is -0.142. The van der Waals surface area contributed by atoms with Crippen molar-refractivity contribution in [3.8, 4) is 17.2 Å². The van der Waals surface area contributed by atoms with Crippen LogP contribution in [0, 0.1) is 0 Å². The van der Waals surface area contributed by atoms with Crippen LogP contribution in [0.4, 0.5) is 5.69 Å². The summed E-state index contributed by atoms with van der Waals surface area (Å²) in [5, 5.41) is 3.85. The number of sulfonamides is 1. The van der Waals surface area contributed by atoms with Gasteiger partial charge < -0.3 is 18.9 Å². The third-order valence-electron chi connectivity index (χ3n) is 4.21. The van der Waals surface area contributed by atoms with Gasteiger partial charge in [0.15, 0.2) is 6.61 Å². The van der Waals surface area contributed by atoms with Crippen LogP contribution in [-0.4, -0.2) is 67.2 Å². The van der Waals surface area contributed by atoms with Crippen LogP contribution < -0.4 is 23.9 Å². The number of hydrogen-bond donors (Lipinski definition) is 1. The number of benzene rings is 2. The topological polar surface area (TPSA) is 133 Å². The fourth-order valence-electron chi connectivity index (χ4n) is 2.57. The zero-order chi connectivity index (χ0) is 24.4. The average Bonchev–Trinajstić information content (AvgIpc) is 2.80. The summed E-state index contributed by atoms with van der Waals surface area (Å²) in [7, 11) is 0.311. The summed E-state index contributed by atoms with van der Waals surface area (Å²) in [6.45, 7) is -0.727. The lowest BCUT2D eigenvalue weighted by Gasteiger charge is -2.23. The van der Waals surface area contributed by atoms with Crippen molar-refractivity contribution in [1.29, 1.82) is 0 Å². The molecule has 0 bridgehead atoms. The minimum Gasteiger partial charge on any atom is -0.497 e. The van der Waals surface area contributed by atoms with Crippen molar-refractivity contribution >= 4 is 33.8 Å². The summed E-state index contributed by atoms with van der Waals surface area (Å²) >= 11 is 0. The van der Waals surface area contributed by atoms with E-state index in [9.17, 15) is 18.0 Å². The molecular weight excluding hydrogens is 454 g/mol. The zero-order valence-electron chi connectivity index (χ0n) is 18.6. The van der Waals surface area contributed by atoms with Crippen LogP contribution in [0.2, 0.25) is 0 Å². The van der Waals surface area contributed by atoms with Gasteiger partial charge in [-0.3, -0.25) is 9.10 Å². The van der Waals surface area contributed by atoms with Crippen LogP contribution in [0.15, 0.2) is 47.6 Å². The maximum absolute atomic E-state index is 12.4. The van der Waals surface area contributed by atoms with Crippen molar-refractivity contribution in [2.75, 3.05) is 45.0 Å². The molecule has 12 heteroatoms. The van der Waals surface area contributed by atoms with Crippen molar-refractivity contribution in [2.45, 2.75) is 0 Å². The maximum atomic E-state index is 12.4. The molecule has 0 unspecified atom stereocenters. The molecule has 0 atom stereocenters. The lowest BCUT2D eigenvalue weighted by Crippen LogP contribution is -2.39. The van der Waals surface area contributed by atoms with E-state index in [-0.39, 0.29) is 18.0 Å². The Hall–Kier alpha value is -3.80. The number of nitrogens with zero attached hydrogens (tertiary/aromatic N) is 2. The Labute approximate surface area is 191 Å². The molecule has 0 aliphatic heterocycles. The number of carbonyl (C=O) groups excluding carboxylic acids is 2. The molecule has 0 spiro atoms. The summed E-state index contributed by atoms with van der Waals surface area (Å²) in [6.07, 6.45) is 2.36. The molecule has 33 heavy (non-hydrogen) atoms. The second-order valence-corrected chi connectivity index (χ2v) is 8.44. The number of rotatable bonds is 11. The summed E-state index contributed by atoms with van der Waals surface area (Å²) in [5.41, 5.74) is 3.11. The summed E-state index contributed by atoms with van der Waals surface area (Å²) in [4.78, 5) is 23.4. The third-order valence-corrected chi connectivity index (χ3v) is 5.34. The van der Waals surface area contributed by atoms with Crippen LogP contribution >= 0.6 is 0 Å². The number of carbonyl (C=O) groups is 2. The first-order valence-corrected chi connectivity index (χ1v) is 11.3. The van der Waals surface area contributed by atoms with E-state index in [0.717, 1.165) is 10.6 Å². The summed E-state index contributed by atoms with van der Waals surface area (Å²) in [5.74, 6) is -0.00412. The highest BCUT2D eigenvalue weighted by Crippen LogP contribution is 2.33. The highest BCUT2D eigenvalue weighted by atomic mass is 32.2. The normalized spacial score (nSPS) is 11.0. The highest BCUT2D eigenvalue weighted by Gasteiger charge is 2.24. The maximum Gasteiger partial charge on any atom is 0.343 e. The van der Waals surface area contributed by atoms with E-state index < -0.39 is 28.4 Å². The van der Waals surface area contributed by atoms with Crippen molar-refractivity contribution in [2.24, 2.45) is 5.10 Å². The molecule has 0 saturated heterocycles. The Balaban J connectivity index is 2.04. The van der Waals surface area contributed by atoms with E-state index >= 15 is 0 Å². The van der Waals surface area contributed by atoms with Gasteiger partial charge in [0.1, 0.15) is 23.8 Å². The smallest absolute Gasteiger partial charge is 0.343 e. The number of ether oxygens (including phenoxy) is 4. The highest BCUT2D eigenvalue weighted by molar-refractivity contribution is 7.92.